The Morgan fingerprint density at radius 2 is 1.50 bits per heavy atom. The van der Waals surface area contributed by atoms with Gasteiger partial charge in [-0.25, -0.2) is 0 Å². The van der Waals surface area contributed by atoms with Crippen LogP contribution in [0, 0.1) is 0 Å². The van der Waals surface area contributed by atoms with Gasteiger partial charge in [0, 0.05) is 5.54 Å². The summed E-state index contributed by atoms with van der Waals surface area (Å²) in [5.74, 6) is 0. The highest BCUT2D eigenvalue weighted by atomic mass is 16.3. The van der Waals surface area contributed by atoms with Crippen LogP contribution in [-0.4, -0.2) is 35.2 Å². The van der Waals surface area contributed by atoms with Gasteiger partial charge in [0.2, 0.25) is 0 Å². The van der Waals surface area contributed by atoms with Crippen molar-refractivity contribution in [3.8, 4) is 0 Å². The van der Waals surface area contributed by atoms with Gasteiger partial charge in [0.1, 0.15) is 0 Å². The van der Waals surface area contributed by atoms with Gasteiger partial charge in [-0.15, -0.1) is 0 Å². The van der Waals surface area contributed by atoms with Gasteiger partial charge in [0.15, 0.2) is 0 Å². The molecule has 2 nitrogen and oxygen atoms in total. The average molecular weight is 201 g/mol. The van der Waals surface area contributed by atoms with Crippen LogP contribution in [-0.2, 0) is 0 Å². The lowest BCUT2D eigenvalue weighted by atomic mass is 9.94. The van der Waals surface area contributed by atoms with Crippen molar-refractivity contribution in [2.45, 2.75) is 58.9 Å². The summed E-state index contributed by atoms with van der Waals surface area (Å²) in [6.07, 6.45) is 4.56. The van der Waals surface area contributed by atoms with Crippen LogP contribution >= 0.6 is 0 Å². The van der Waals surface area contributed by atoms with E-state index in [2.05, 4.69) is 32.6 Å². The molecule has 14 heavy (non-hydrogen) atoms. The third-order valence-electron chi connectivity index (χ3n) is 2.88. The zero-order valence-electron chi connectivity index (χ0n) is 10.3. The van der Waals surface area contributed by atoms with Gasteiger partial charge in [0.25, 0.3) is 0 Å². The molecule has 1 N–H and O–H groups in total. The Balaban J connectivity index is 4.37. The Bertz CT molecular complexity index is 132. The fourth-order valence-corrected chi connectivity index (χ4v) is 2.07. The summed E-state index contributed by atoms with van der Waals surface area (Å²) in [4.78, 5) is 2.44. The van der Waals surface area contributed by atoms with Crippen LogP contribution in [0.5, 0.6) is 0 Å². The van der Waals surface area contributed by atoms with Crippen LogP contribution in [0.4, 0.5) is 0 Å². The predicted molar refractivity (Wildman–Crippen MR) is 62.6 cm³/mol. The summed E-state index contributed by atoms with van der Waals surface area (Å²) in [5, 5.41) is 9.50. The first-order chi connectivity index (χ1) is 6.64. The van der Waals surface area contributed by atoms with Crippen LogP contribution in [0.2, 0.25) is 0 Å². The third-order valence-corrected chi connectivity index (χ3v) is 2.88. The van der Waals surface area contributed by atoms with Gasteiger partial charge < -0.3 is 5.11 Å². The molecule has 0 aliphatic rings. The summed E-state index contributed by atoms with van der Waals surface area (Å²) >= 11 is 0. The van der Waals surface area contributed by atoms with E-state index in [1.165, 1.54) is 12.8 Å². The van der Waals surface area contributed by atoms with Crippen molar-refractivity contribution in [3.63, 3.8) is 0 Å². The second kappa shape index (κ2) is 7.24. The number of nitrogens with zero attached hydrogens (tertiary/aromatic N) is 1. The van der Waals surface area contributed by atoms with Crippen molar-refractivity contribution in [2.75, 3.05) is 19.7 Å². The van der Waals surface area contributed by atoms with Gasteiger partial charge >= 0.3 is 0 Å². The van der Waals surface area contributed by atoms with Crippen molar-refractivity contribution in [1.82, 2.24) is 4.90 Å². The molecule has 0 bridgehead atoms. The Morgan fingerprint density at radius 3 is 1.79 bits per heavy atom. The number of hydrogen-bond donors (Lipinski definition) is 1. The second-order valence-electron chi connectivity index (χ2n) is 4.39. The first-order valence-electron chi connectivity index (χ1n) is 6.00. The smallest absolute Gasteiger partial charge is 0.0612 e. The molecule has 0 aliphatic carbocycles. The van der Waals surface area contributed by atoms with Crippen molar-refractivity contribution in [3.05, 3.63) is 0 Å². The molecule has 0 aliphatic heterocycles. The minimum Gasteiger partial charge on any atom is -0.394 e. The van der Waals surface area contributed by atoms with E-state index in [1.54, 1.807) is 0 Å². The van der Waals surface area contributed by atoms with Crippen LogP contribution in [0.25, 0.3) is 0 Å². The van der Waals surface area contributed by atoms with Gasteiger partial charge in [0.05, 0.1) is 6.61 Å². The van der Waals surface area contributed by atoms with Crippen LogP contribution in [0.3, 0.4) is 0 Å². The standard InChI is InChI=1S/C12H27NO/c1-5-8-12(4,11-14)13(9-6-2)10-7-3/h14H,5-11H2,1-4H3. The molecule has 2 heteroatoms. The SMILES string of the molecule is CCCN(CCC)C(C)(CO)CCC. The van der Waals surface area contributed by atoms with E-state index in [9.17, 15) is 5.11 Å². The molecule has 0 aromatic carbocycles. The largest absolute Gasteiger partial charge is 0.394 e. The highest BCUT2D eigenvalue weighted by molar-refractivity contribution is 4.84. The molecular weight excluding hydrogens is 174 g/mol. The Hall–Kier alpha value is -0.0800. The van der Waals surface area contributed by atoms with Crippen molar-refractivity contribution in [1.29, 1.82) is 0 Å². The molecule has 0 aromatic rings. The minimum atomic E-state index is 0.000764. The van der Waals surface area contributed by atoms with E-state index in [0.29, 0.717) is 0 Å². The van der Waals surface area contributed by atoms with Gasteiger partial charge in [-0.1, -0.05) is 27.2 Å². The van der Waals surface area contributed by atoms with E-state index in [-0.39, 0.29) is 12.1 Å². The van der Waals surface area contributed by atoms with Crippen LogP contribution in [0.15, 0.2) is 0 Å². The number of aliphatic hydroxyl groups is 1. The molecule has 86 valence electrons. The molecule has 0 radical (unpaired) electrons. The second-order valence-corrected chi connectivity index (χ2v) is 4.39. The zero-order valence-corrected chi connectivity index (χ0v) is 10.3. The van der Waals surface area contributed by atoms with Gasteiger partial charge in [-0.05, 0) is 39.3 Å². The van der Waals surface area contributed by atoms with E-state index >= 15 is 0 Å². The van der Waals surface area contributed by atoms with Crippen molar-refractivity contribution >= 4 is 0 Å². The maximum absolute atomic E-state index is 9.50. The zero-order chi connectivity index (χ0) is 11.0. The monoisotopic (exact) mass is 201 g/mol. The van der Waals surface area contributed by atoms with E-state index < -0.39 is 0 Å². The predicted octanol–water partition coefficient (Wildman–Crippen LogP) is 2.66. The summed E-state index contributed by atoms with van der Waals surface area (Å²) in [6, 6.07) is 0. The number of rotatable bonds is 8. The Kier molecular flexibility index (Phi) is 7.20. The quantitative estimate of drug-likeness (QED) is 0.652. The third kappa shape index (κ3) is 3.97. The maximum atomic E-state index is 9.50. The van der Waals surface area contributed by atoms with Gasteiger partial charge in [-0.3, -0.25) is 4.90 Å². The first-order valence-corrected chi connectivity index (χ1v) is 6.00. The molecular formula is C12H27NO. The summed E-state index contributed by atoms with van der Waals surface area (Å²) in [7, 11) is 0. The Labute approximate surface area is 89.3 Å². The molecule has 0 fully saturated rings. The topological polar surface area (TPSA) is 23.5 Å². The minimum absolute atomic E-state index is 0.000764. The highest BCUT2D eigenvalue weighted by Gasteiger charge is 2.28. The molecule has 0 rings (SSSR count). The summed E-state index contributed by atoms with van der Waals surface area (Å²) in [5.41, 5.74) is 0.000764. The normalized spacial score (nSPS) is 15.9. The van der Waals surface area contributed by atoms with Gasteiger partial charge in [-0.2, -0.15) is 0 Å². The lowest BCUT2D eigenvalue weighted by molar-refractivity contribution is 0.0353. The fraction of sp³-hybridized carbons (Fsp3) is 1.00. The molecule has 0 aromatic heterocycles. The summed E-state index contributed by atoms with van der Waals surface area (Å²) in [6.45, 7) is 11.3. The highest BCUT2D eigenvalue weighted by Crippen LogP contribution is 2.21. The molecule has 1 unspecified atom stereocenters. The van der Waals surface area contributed by atoms with Crippen LogP contribution in [0.1, 0.15) is 53.4 Å². The lowest BCUT2D eigenvalue weighted by Crippen LogP contribution is -2.49. The van der Waals surface area contributed by atoms with Crippen LogP contribution < -0.4 is 0 Å². The molecule has 1 atom stereocenters. The van der Waals surface area contributed by atoms with E-state index in [1.807, 2.05) is 0 Å². The van der Waals surface area contributed by atoms with Crippen molar-refractivity contribution < 1.29 is 5.11 Å². The van der Waals surface area contributed by atoms with E-state index in [0.717, 1.165) is 25.9 Å². The maximum Gasteiger partial charge on any atom is 0.0612 e. The number of aliphatic hydroxyl groups excluding tert-OH is 1. The Morgan fingerprint density at radius 1 is 1.00 bits per heavy atom. The molecule has 0 saturated heterocycles. The van der Waals surface area contributed by atoms with E-state index in [4.69, 9.17) is 0 Å². The fourth-order valence-electron chi connectivity index (χ4n) is 2.07. The molecule has 0 heterocycles. The summed E-state index contributed by atoms with van der Waals surface area (Å²) < 4.78 is 0. The lowest BCUT2D eigenvalue weighted by Gasteiger charge is -2.40. The molecule has 0 saturated carbocycles. The molecule has 0 spiro atoms. The molecule has 0 amide bonds. The number of hydrogen-bond acceptors (Lipinski definition) is 2. The first kappa shape index (κ1) is 13.9. The van der Waals surface area contributed by atoms with Crippen molar-refractivity contribution in [2.24, 2.45) is 0 Å². The average Bonchev–Trinajstić information content (AvgIpc) is 2.18.